The topological polar surface area (TPSA) is 96.2 Å². The third-order valence-corrected chi connectivity index (χ3v) is 1.19. The van der Waals surface area contributed by atoms with Crippen LogP contribution in [0.3, 0.4) is 0 Å². The molecule has 0 saturated heterocycles. The molecule has 6 heteroatoms. The molecule has 0 bridgehead atoms. The van der Waals surface area contributed by atoms with Crippen LogP contribution < -0.4 is 0 Å². The summed E-state index contributed by atoms with van der Waals surface area (Å²) in [5.74, 6) is -0.257. The number of carbonyl (C=O) groups is 1. The zero-order chi connectivity index (χ0) is 14.3. The summed E-state index contributed by atoms with van der Waals surface area (Å²) < 4.78 is 9.81. The lowest BCUT2D eigenvalue weighted by Crippen LogP contribution is -2.18. The van der Waals surface area contributed by atoms with Gasteiger partial charge in [0.1, 0.15) is 6.10 Å². The van der Waals surface area contributed by atoms with Crippen molar-refractivity contribution in [1.29, 1.82) is 0 Å². The third-order valence-electron chi connectivity index (χ3n) is 1.19. The van der Waals surface area contributed by atoms with E-state index in [-0.39, 0.29) is 18.7 Å². The summed E-state index contributed by atoms with van der Waals surface area (Å²) in [6, 6.07) is 0. The van der Waals surface area contributed by atoms with E-state index in [2.05, 4.69) is 0 Å². The van der Waals surface area contributed by atoms with Gasteiger partial charge in [-0.3, -0.25) is 4.79 Å². The molecule has 17 heavy (non-hydrogen) atoms. The van der Waals surface area contributed by atoms with Crippen LogP contribution in [0.15, 0.2) is 0 Å². The largest absolute Gasteiger partial charge is 0.460 e. The molecule has 2 unspecified atom stereocenters. The van der Waals surface area contributed by atoms with Gasteiger partial charge < -0.3 is 24.8 Å². The van der Waals surface area contributed by atoms with E-state index in [0.717, 1.165) is 7.11 Å². The molecule has 0 aromatic heterocycles. The number of hydrogen-bond donors (Lipinski definition) is 3. The number of ether oxygens (including phenoxy) is 2. The van der Waals surface area contributed by atoms with Gasteiger partial charge in [-0.2, -0.15) is 0 Å². The van der Waals surface area contributed by atoms with Gasteiger partial charge in [-0.1, -0.05) is 0 Å². The maximum absolute atomic E-state index is 10.3. The molecule has 0 aliphatic rings. The second-order valence-corrected chi connectivity index (χ2v) is 3.11. The first-order chi connectivity index (χ1) is 7.93. The van der Waals surface area contributed by atoms with Gasteiger partial charge in [0.05, 0.1) is 19.3 Å². The SMILES string of the molecule is CC(O)CO.CCOCC(C)OC(C)=O.CO. The zero-order valence-electron chi connectivity index (χ0n) is 11.3. The fourth-order valence-corrected chi connectivity index (χ4v) is 0.601. The van der Waals surface area contributed by atoms with Gasteiger partial charge in [0.25, 0.3) is 0 Å². The van der Waals surface area contributed by atoms with Gasteiger partial charge in [-0.25, -0.2) is 0 Å². The summed E-state index contributed by atoms with van der Waals surface area (Å²) in [7, 11) is 1.00. The van der Waals surface area contributed by atoms with Gasteiger partial charge >= 0.3 is 5.97 Å². The summed E-state index contributed by atoms with van der Waals surface area (Å²) in [6.45, 7) is 7.63. The molecule has 0 heterocycles. The molecular formula is C11H26O6. The van der Waals surface area contributed by atoms with Crippen LogP contribution in [0.4, 0.5) is 0 Å². The van der Waals surface area contributed by atoms with Crippen LogP contribution in [0.5, 0.6) is 0 Å². The fraction of sp³-hybridized carbons (Fsp3) is 0.909. The predicted molar refractivity (Wildman–Crippen MR) is 64.6 cm³/mol. The van der Waals surface area contributed by atoms with Gasteiger partial charge in [0, 0.05) is 20.6 Å². The Bertz CT molecular complexity index is 149. The molecule has 0 fully saturated rings. The van der Waals surface area contributed by atoms with E-state index in [1.807, 2.05) is 6.92 Å². The van der Waals surface area contributed by atoms with E-state index in [4.69, 9.17) is 24.8 Å². The molecule has 3 N–H and O–H groups in total. The highest BCUT2D eigenvalue weighted by atomic mass is 16.6. The van der Waals surface area contributed by atoms with Crippen molar-refractivity contribution >= 4 is 5.97 Å². The number of aliphatic hydroxyl groups excluding tert-OH is 3. The molecule has 0 amide bonds. The van der Waals surface area contributed by atoms with Crippen molar-refractivity contribution in [2.45, 2.75) is 39.9 Å². The molecule has 0 radical (unpaired) electrons. The first-order valence-corrected chi connectivity index (χ1v) is 5.42. The molecule has 6 nitrogen and oxygen atoms in total. The summed E-state index contributed by atoms with van der Waals surface area (Å²) in [5.41, 5.74) is 0. The highest BCUT2D eigenvalue weighted by molar-refractivity contribution is 5.66. The predicted octanol–water partition coefficient (Wildman–Crippen LogP) is -0.0575. The number of esters is 1. The summed E-state index contributed by atoms with van der Waals surface area (Å²) in [5, 5.41) is 23.0. The molecule has 106 valence electrons. The van der Waals surface area contributed by atoms with E-state index in [1.54, 1.807) is 6.92 Å². The molecule has 0 saturated carbocycles. The van der Waals surface area contributed by atoms with Gasteiger partial charge in [-0.05, 0) is 20.8 Å². The van der Waals surface area contributed by atoms with E-state index >= 15 is 0 Å². The van der Waals surface area contributed by atoms with Crippen molar-refractivity contribution in [3.8, 4) is 0 Å². The van der Waals surface area contributed by atoms with Crippen LogP contribution in [-0.4, -0.2) is 60.4 Å². The van der Waals surface area contributed by atoms with Crippen LogP contribution in [0.1, 0.15) is 27.7 Å². The Kier molecular flexibility index (Phi) is 22.5. The van der Waals surface area contributed by atoms with Crippen molar-refractivity contribution in [3.05, 3.63) is 0 Å². The van der Waals surface area contributed by atoms with Gasteiger partial charge in [0.2, 0.25) is 0 Å². The highest BCUT2D eigenvalue weighted by Gasteiger charge is 2.03. The standard InChI is InChI=1S/C7H14O3.C3H8O2.CH4O/c1-4-9-5-6(2)10-7(3)8;1-3(5)2-4;1-2/h6H,4-5H2,1-3H3;3-5H,2H2,1H3;2H,1H3. The maximum Gasteiger partial charge on any atom is 0.302 e. The lowest BCUT2D eigenvalue weighted by atomic mass is 10.4. The minimum Gasteiger partial charge on any atom is -0.460 e. The number of carbonyl (C=O) groups excluding carboxylic acids is 1. The lowest BCUT2D eigenvalue weighted by molar-refractivity contribution is -0.148. The summed E-state index contributed by atoms with van der Waals surface area (Å²) >= 11 is 0. The average molecular weight is 254 g/mol. The minimum absolute atomic E-state index is 0.127. The van der Waals surface area contributed by atoms with Crippen LogP contribution in [0.2, 0.25) is 0 Å². The van der Waals surface area contributed by atoms with E-state index in [1.165, 1.54) is 13.8 Å². The van der Waals surface area contributed by atoms with Crippen molar-refractivity contribution in [2.75, 3.05) is 26.9 Å². The number of hydrogen-bond acceptors (Lipinski definition) is 6. The Labute approximate surface area is 103 Å². The Hall–Kier alpha value is -0.690. The molecule has 0 spiro atoms. The molecule has 0 aromatic rings. The van der Waals surface area contributed by atoms with E-state index in [0.29, 0.717) is 13.2 Å². The Morgan fingerprint density at radius 2 is 1.71 bits per heavy atom. The number of rotatable bonds is 5. The van der Waals surface area contributed by atoms with Crippen LogP contribution in [-0.2, 0) is 14.3 Å². The maximum atomic E-state index is 10.3. The molecule has 0 aliphatic carbocycles. The minimum atomic E-state index is -0.560. The third kappa shape index (κ3) is 31.3. The van der Waals surface area contributed by atoms with Crippen molar-refractivity contribution in [3.63, 3.8) is 0 Å². The van der Waals surface area contributed by atoms with Gasteiger partial charge in [-0.15, -0.1) is 0 Å². The Morgan fingerprint density at radius 1 is 1.29 bits per heavy atom. The average Bonchev–Trinajstić information content (AvgIpc) is 2.29. The van der Waals surface area contributed by atoms with Crippen LogP contribution >= 0.6 is 0 Å². The van der Waals surface area contributed by atoms with Crippen LogP contribution in [0, 0.1) is 0 Å². The second-order valence-electron chi connectivity index (χ2n) is 3.11. The molecule has 0 aromatic carbocycles. The molecular weight excluding hydrogens is 228 g/mol. The van der Waals surface area contributed by atoms with Crippen molar-refractivity contribution < 1.29 is 29.6 Å². The monoisotopic (exact) mass is 254 g/mol. The second kappa shape index (κ2) is 17.7. The lowest BCUT2D eigenvalue weighted by Gasteiger charge is -2.10. The van der Waals surface area contributed by atoms with E-state index < -0.39 is 6.10 Å². The van der Waals surface area contributed by atoms with E-state index in [9.17, 15) is 4.79 Å². The Morgan fingerprint density at radius 3 is 1.94 bits per heavy atom. The molecule has 2 atom stereocenters. The van der Waals surface area contributed by atoms with Crippen molar-refractivity contribution in [1.82, 2.24) is 0 Å². The first kappa shape index (κ1) is 21.6. The summed E-state index contributed by atoms with van der Waals surface area (Å²) in [4.78, 5) is 10.3. The normalized spacial score (nSPS) is 12.2. The van der Waals surface area contributed by atoms with Crippen molar-refractivity contribution in [2.24, 2.45) is 0 Å². The Balaban J connectivity index is -0.000000236. The van der Waals surface area contributed by atoms with Crippen LogP contribution in [0.25, 0.3) is 0 Å². The van der Waals surface area contributed by atoms with Gasteiger partial charge in [0.15, 0.2) is 0 Å². The molecule has 0 rings (SSSR count). The highest BCUT2D eigenvalue weighted by Crippen LogP contribution is 1.91. The number of aliphatic hydroxyl groups is 3. The molecule has 0 aliphatic heterocycles. The first-order valence-electron chi connectivity index (χ1n) is 5.42. The quantitative estimate of drug-likeness (QED) is 0.595. The smallest absolute Gasteiger partial charge is 0.302 e. The fourth-order valence-electron chi connectivity index (χ4n) is 0.601. The zero-order valence-corrected chi connectivity index (χ0v) is 11.3. The summed E-state index contributed by atoms with van der Waals surface area (Å²) in [6.07, 6.45) is -0.688.